The van der Waals surface area contributed by atoms with Crippen LogP contribution in [0, 0.1) is 0 Å². The molecule has 1 heterocycles. The fourth-order valence-corrected chi connectivity index (χ4v) is 4.93. The molecule has 0 amide bonds. The third-order valence-corrected chi connectivity index (χ3v) is 7.08. The van der Waals surface area contributed by atoms with E-state index in [9.17, 15) is 13.5 Å². The zero-order chi connectivity index (χ0) is 24.5. The first-order valence-corrected chi connectivity index (χ1v) is 12.5. The van der Waals surface area contributed by atoms with E-state index < -0.39 is 15.6 Å². The Labute approximate surface area is 208 Å². The predicted octanol–water partition coefficient (Wildman–Crippen LogP) is 4.21. The summed E-state index contributed by atoms with van der Waals surface area (Å²) in [6.45, 7) is -0.0396. The maximum atomic E-state index is 13.0. The van der Waals surface area contributed by atoms with Crippen LogP contribution in [0.5, 0.6) is 0 Å². The van der Waals surface area contributed by atoms with Crippen LogP contribution in [0.4, 0.5) is 0 Å². The van der Waals surface area contributed by atoms with Gasteiger partial charge in [-0.05, 0) is 42.0 Å². The Morgan fingerprint density at radius 3 is 2.09 bits per heavy atom. The van der Waals surface area contributed by atoms with Crippen molar-refractivity contribution in [3.8, 4) is 0 Å². The van der Waals surface area contributed by atoms with Gasteiger partial charge in [-0.1, -0.05) is 65.7 Å². The van der Waals surface area contributed by atoms with E-state index in [1.807, 2.05) is 18.2 Å². The zero-order valence-corrected chi connectivity index (χ0v) is 20.8. The smallest absolute Gasteiger partial charge is 0.285 e. The van der Waals surface area contributed by atoms with Gasteiger partial charge in [0, 0.05) is 29.7 Å². The summed E-state index contributed by atoms with van der Waals surface area (Å²) in [5.74, 6) is 0.0493. The van der Waals surface area contributed by atoms with Crippen molar-refractivity contribution in [2.24, 2.45) is 9.50 Å². The van der Waals surface area contributed by atoms with Crippen LogP contribution in [-0.4, -0.2) is 55.7 Å². The second-order valence-electron chi connectivity index (χ2n) is 7.95. The number of β-amino-alcohol motifs (C(OH)–C–C–N with tert-alkyl or cyclic N) is 1. The maximum absolute atomic E-state index is 13.0. The molecule has 4 rings (SSSR count). The van der Waals surface area contributed by atoms with E-state index in [-0.39, 0.29) is 17.4 Å². The standard InChI is InChI=1S/C24H22Cl2N4O3S/c1-29(2)23(28-34(32,33)21-14-12-20(26)13-15-21)30-16-24(31,18-6-4-3-5-7-18)22(27-30)17-8-10-19(25)11-9-17/h3-15,31H,16H2,1-2H3. The lowest BCUT2D eigenvalue weighted by atomic mass is 9.86. The normalized spacial score (nSPS) is 18.7. The summed E-state index contributed by atoms with van der Waals surface area (Å²) in [5, 5.41) is 18.8. The molecule has 1 N–H and O–H groups in total. The van der Waals surface area contributed by atoms with Gasteiger partial charge < -0.3 is 10.0 Å². The van der Waals surface area contributed by atoms with E-state index in [0.717, 1.165) is 0 Å². The van der Waals surface area contributed by atoms with Crippen LogP contribution >= 0.6 is 23.2 Å². The molecule has 1 unspecified atom stereocenters. The van der Waals surface area contributed by atoms with E-state index in [1.54, 1.807) is 50.5 Å². The SMILES string of the molecule is CN(C)C(=NS(=O)(=O)c1ccc(Cl)cc1)N1CC(O)(c2ccccc2)C(c2ccc(Cl)cc2)=N1. The van der Waals surface area contributed by atoms with Gasteiger partial charge in [-0.25, -0.2) is 5.01 Å². The predicted molar refractivity (Wildman–Crippen MR) is 135 cm³/mol. The molecule has 0 saturated heterocycles. The molecule has 0 spiro atoms. The van der Waals surface area contributed by atoms with Gasteiger partial charge in [-0.3, -0.25) is 0 Å². The van der Waals surface area contributed by atoms with Crippen LogP contribution in [0.25, 0.3) is 0 Å². The summed E-state index contributed by atoms with van der Waals surface area (Å²) < 4.78 is 30.1. The molecule has 0 radical (unpaired) electrons. The fraction of sp³-hybridized carbons (Fsp3) is 0.167. The number of aliphatic hydroxyl groups is 1. The van der Waals surface area contributed by atoms with E-state index in [2.05, 4.69) is 9.50 Å². The Morgan fingerprint density at radius 2 is 1.53 bits per heavy atom. The number of hydrazone groups is 1. The molecule has 3 aromatic rings. The highest BCUT2D eigenvalue weighted by Gasteiger charge is 2.45. The quantitative estimate of drug-likeness (QED) is 0.414. The van der Waals surface area contributed by atoms with Crippen LogP contribution in [0.2, 0.25) is 10.0 Å². The van der Waals surface area contributed by atoms with Gasteiger partial charge in [0.2, 0.25) is 5.96 Å². The monoisotopic (exact) mass is 516 g/mol. The van der Waals surface area contributed by atoms with E-state index in [4.69, 9.17) is 23.2 Å². The van der Waals surface area contributed by atoms with Gasteiger partial charge in [0.15, 0.2) is 5.60 Å². The Balaban J connectivity index is 1.82. The highest BCUT2D eigenvalue weighted by molar-refractivity contribution is 7.90. The number of rotatable bonds is 4. The topological polar surface area (TPSA) is 85.6 Å². The summed E-state index contributed by atoms with van der Waals surface area (Å²) >= 11 is 11.9. The van der Waals surface area contributed by atoms with Gasteiger partial charge >= 0.3 is 0 Å². The van der Waals surface area contributed by atoms with Crippen molar-refractivity contribution in [2.75, 3.05) is 20.6 Å². The molecule has 0 aromatic heterocycles. The van der Waals surface area contributed by atoms with Crippen molar-refractivity contribution in [1.29, 1.82) is 0 Å². The Morgan fingerprint density at radius 1 is 0.971 bits per heavy atom. The number of guanidine groups is 1. The molecule has 0 saturated carbocycles. The first-order valence-electron chi connectivity index (χ1n) is 10.3. The average Bonchev–Trinajstić information content (AvgIpc) is 3.17. The third kappa shape index (κ3) is 4.81. The highest BCUT2D eigenvalue weighted by Crippen LogP contribution is 2.34. The summed E-state index contributed by atoms with van der Waals surface area (Å²) in [5.41, 5.74) is 0.103. The average molecular weight is 517 g/mol. The maximum Gasteiger partial charge on any atom is 0.285 e. The van der Waals surface area contributed by atoms with Crippen LogP contribution < -0.4 is 0 Å². The van der Waals surface area contributed by atoms with E-state index >= 15 is 0 Å². The minimum Gasteiger partial charge on any atom is -0.377 e. The molecule has 0 fully saturated rings. The van der Waals surface area contributed by atoms with Gasteiger partial charge in [0.05, 0.1) is 11.4 Å². The van der Waals surface area contributed by atoms with Crippen LogP contribution in [0.3, 0.4) is 0 Å². The molecule has 1 aliphatic heterocycles. The molecule has 176 valence electrons. The Hall–Kier alpha value is -2.91. The summed E-state index contributed by atoms with van der Waals surface area (Å²) in [4.78, 5) is 1.53. The number of sulfonamides is 1. The number of nitrogens with zero attached hydrogens (tertiary/aromatic N) is 4. The molecule has 0 aliphatic carbocycles. The highest BCUT2D eigenvalue weighted by atomic mass is 35.5. The molecule has 1 aliphatic rings. The van der Waals surface area contributed by atoms with Crippen LogP contribution in [0.15, 0.2) is 93.3 Å². The molecular formula is C24H22Cl2N4O3S. The Bertz CT molecular complexity index is 1340. The first kappa shape index (κ1) is 24.2. The van der Waals surface area contributed by atoms with Crippen LogP contribution in [-0.2, 0) is 15.6 Å². The number of benzene rings is 3. The van der Waals surface area contributed by atoms with Crippen molar-refractivity contribution in [2.45, 2.75) is 10.5 Å². The second-order valence-corrected chi connectivity index (χ2v) is 10.4. The lowest BCUT2D eigenvalue weighted by molar-refractivity contribution is 0.102. The lowest BCUT2D eigenvalue weighted by Crippen LogP contribution is -2.43. The van der Waals surface area contributed by atoms with Crippen molar-refractivity contribution in [3.05, 3.63) is 100 Å². The fourth-order valence-electron chi connectivity index (χ4n) is 3.62. The van der Waals surface area contributed by atoms with Crippen molar-refractivity contribution < 1.29 is 13.5 Å². The molecule has 34 heavy (non-hydrogen) atoms. The van der Waals surface area contributed by atoms with E-state index in [1.165, 1.54) is 34.2 Å². The third-order valence-electron chi connectivity index (χ3n) is 5.30. The minimum absolute atomic E-state index is 0.00401. The summed E-state index contributed by atoms with van der Waals surface area (Å²) in [6.07, 6.45) is 0. The Kier molecular flexibility index (Phi) is 6.69. The number of halogens is 2. The number of hydrogen-bond donors (Lipinski definition) is 1. The van der Waals surface area contributed by atoms with Crippen molar-refractivity contribution in [1.82, 2.24) is 9.91 Å². The largest absolute Gasteiger partial charge is 0.377 e. The van der Waals surface area contributed by atoms with Gasteiger partial charge in [0.25, 0.3) is 10.0 Å². The molecule has 3 aromatic carbocycles. The van der Waals surface area contributed by atoms with E-state index in [0.29, 0.717) is 26.9 Å². The number of hydrogen-bond acceptors (Lipinski definition) is 4. The lowest BCUT2D eigenvalue weighted by Gasteiger charge is -2.27. The summed E-state index contributed by atoms with van der Waals surface area (Å²) in [6, 6.07) is 21.8. The summed E-state index contributed by atoms with van der Waals surface area (Å²) in [7, 11) is -0.750. The molecule has 7 nitrogen and oxygen atoms in total. The molecule has 1 atom stereocenters. The second kappa shape index (κ2) is 9.38. The molecule has 0 bridgehead atoms. The molecule has 10 heteroatoms. The minimum atomic E-state index is -4.07. The van der Waals surface area contributed by atoms with Crippen LogP contribution in [0.1, 0.15) is 11.1 Å². The van der Waals surface area contributed by atoms with Gasteiger partial charge in [-0.15, -0.1) is 4.40 Å². The first-order chi connectivity index (χ1) is 16.1. The van der Waals surface area contributed by atoms with Gasteiger partial charge in [-0.2, -0.15) is 13.5 Å². The van der Waals surface area contributed by atoms with Crippen molar-refractivity contribution in [3.63, 3.8) is 0 Å². The van der Waals surface area contributed by atoms with Crippen molar-refractivity contribution >= 4 is 44.9 Å². The molecular weight excluding hydrogens is 495 g/mol. The zero-order valence-electron chi connectivity index (χ0n) is 18.4. The van der Waals surface area contributed by atoms with Gasteiger partial charge in [0.1, 0.15) is 5.71 Å².